The van der Waals surface area contributed by atoms with E-state index in [4.69, 9.17) is 4.99 Å². The smallest absolute Gasteiger partial charge is 0.126 e. The number of rotatable bonds is 13. The maximum Gasteiger partial charge on any atom is 0.126 e. The van der Waals surface area contributed by atoms with E-state index in [1.807, 2.05) is 18.2 Å². The Morgan fingerprint density at radius 2 is 1.21 bits per heavy atom. The highest BCUT2D eigenvalue weighted by Crippen LogP contribution is 2.45. The van der Waals surface area contributed by atoms with Gasteiger partial charge in [0.25, 0.3) is 0 Å². The summed E-state index contributed by atoms with van der Waals surface area (Å²) in [6.07, 6.45) is 4.10. The lowest BCUT2D eigenvalue weighted by molar-refractivity contribution is 0.511. The molecule has 0 saturated carbocycles. The highest BCUT2D eigenvalue weighted by atomic mass is 15.3. The van der Waals surface area contributed by atoms with Crippen LogP contribution in [-0.2, 0) is 0 Å². The number of hydrogen-bond acceptors (Lipinski definition) is 4. The molecule has 1 aliphatic rings. The highest BCUT2D eigenvalue weighted by molar-refractivity contribution is 5.99. The third-order valence-corrected chi connectivity index (χ3v) is 10.7. The van der Waals surface area contributed by atoms with E-state index in [1.165, 1.54) is 50.4 Å². The van der Waals surface area contributed by atoms with Crippen molar-refractivity contribution in [2.24, 2.45) is 4.99 Å². The molecule has 0 amide bonds. The average molecular weight is 729 g/mol. The predicted octanol–water partition coefficient (Wildman–Crippen LogP) is 13.4. The number of hydrogen-bond donors (Lipinski definition) is 2. The van der Waals surface area contributed by atoms with Crippen molar-refractivity contribution in [1.82, 2.24) is 5.32 Å². The van der Waals surface area contributed by atoms with Crippen LogP contribution < -0.4 is 15.5 Å². The SMILES string of the molecule is C=C[C@H](NC(/N=C(\C)c1ccc(-c2ccc(-c3cccc(-c4ccccc4N4c5ccccc5NC4CCC)c3)cc2)cc1)c1ccccc1)c1ccccc1. The molecule has 2 N–H and O–H groups in total. The van der Waals surface area contributed by atoms with E-state index in [2.05, 4.69) is 206 Å². The summed E-state index contributed by atoms with van der Waals surface area (Å²) in [7, 11) is 0. The molecule has 56 heavy (non-hydrogen) atoms. The molecular formula is C52H48N4. The first-order valence-corrected chi connectivity index (χ1v) is 19.7. The van der Waals surface area contributed by atoms with Crippen LogP contribution in [0.15, 0.2) is 200 Å². The topological polar surface area (TPSA) is 39.7 Å². The van der Waals surface area contributed by atoms with Crippen LogP contribution in [0.5, 0.6) is 0 Å². The molecule has 276 valence electrons. The van der Waals surface area contributed by atoms with Gasteiger partial charge >= 0.3 is 0 Å². The Morgan fingerprint density at radius 1 is 0.643 bits per heavy atom. The van der Waals surface area contributed by atoms with Gasteiger partial charge in [0.05, 0.1) is 23.1 Å². The second kappa shape index (κ2) is 16.9. The summed E-state index contributed by atoms with van der Waals surface area (Å²) in [6, 6.07) is 64.8. The molecular weight excluding hydrogens is 681 g/mol. The maximum absolute atomic E-state index is 5.21. The summed E-state index contributed by atoms with van der Waals surface area (Å²) >= 11 is 0. The zero-order chi connectivity index (χ0) is 38.3. The molecule has 0 fully saturated rings. The highest BCUT2D eigenvalue weighted by Gasteiger charge is 2.30. The molecule has 7 aromatic rings. The quantitative estimate of drug-likeness (QED) is 0.0917. The van der Waals surface area contributed by atoms with E-state index in [1.54, 1.807) is 0 Å². The van der Waals surface area contributed by atoms with E-state index in [-0.39, 0.29) is 18.4 Å². The minimum absolute atomic E-state index is 0.0365. The maximum atomic E-state index is 5.21. The van der Waals surface area contributed by atoms with E-state index in [9.17, 15) is 0 Å². The fraction of sp³-hybridized carbons (Fsp3) is 0.135. The normalized spacial score (nSPS) is 14.8. The Bertz CT molecular complexity index is 2420. The van der Waals surface area contributed by atoms with Crippen molar-refractivity contribution in [2.75, 3.05) is 10.2 Å². The van der Waals surface area contributed by atoms with Crippen molar-refractivity contribution in [3.63, 3.8) is 0 Å². The third-order valence-electron chi connectivity index (χ3n) is 10.7. The molecule has 1 heterocycles. The Labute approximate surface area is 331 Å². The van der Waals surface area contributed by atoms with Crippen LogP contribution in [0.25, 0.3) is 33.4 Å². The lowest BCUT2D eigenvalue weighted by Gasteiger charge is -2.29. The summed E-state index contributed by atoms with van der Waals surface area (Å²) < 4.78 is 0. The van der Waals surface area contributed by atoms with Gasteiger partial charge in [-0.25, -0.2) is 0 Å². The van der Waals surface area contributed by atoms with Crippen LogP contribution in [0.2, 0.25) is 0 Å². The molecule has 0 spiro atoms. The number of fused-ring (bicyclic) bond motifs is 1. The molecule has 8 rings (SSSR count). The van der Waals surface area contributed by atoms with Gasteiger partial charge < -0.3 is 10.2 Å². The zero-order valence-corrected chi connectivity index (χ0v) is 32.1. The fourth-order valence-corrected chi connectivity index (χ4v) is 7.79. The van der Waals surface area contributed by atoms with E-state index < -0.39 is 0 Å². The van der Waals surface area contributed by atoms with Crippen molar-refractivity contribution in [3.8, 4) is 33.4 Å². The Morgan fingerprint density at radius 3 is 1.89 bits per heavy atom. The standard InChI is InChI=1S/C52H48N4/c1-4-17-51-54-48-25-13-15-27-50(48)56(51)49-26-14-12-24-46(49)45-23-16-22-44(36-45)41-34-32-40(33-35-41)39-30-28-38(29-31-39)37(3)53-52(43-20-10-7-11-21-43)55-47(5-2)42-18-8-6-9-19-42/h5-16,18-36,47,51-52,54-55H,2,4,17H2,1,3H3/b53-37+/t47-,51?,52?/m0/s1. The summed E-state index contributed by atoms with van der Waals surface area (Å²) in [5, 5.41) is 7.49. The Hall–Kier alpha value is -6.49. The monoisotopic (exact) mass is 728 g/mol. The van der Waals surface area contributed by atoms with E-state index in [0.717, 1.165) is 35.2 Å². The van der Waals surface area contributed by atoms with Crippen molar-refractivity contribution in [1.29, 1.82) is 0 Å². The number of benzene rings is 7. The molecule has 0 aliphatic carbocycles. The molecule has 3 atom stereocenters. The number of nitrogens with zero attached hydrogens (tertiary/aromatic N) is 2. The van der Waals surface area contributed by atoms with Crippen LogP contribution in [0, 0.1) is 0 Å². The largest absolute Gasteiger partial charge is 0.363 e. The van der Waals surface area contributed by atoms with Gasteiger partial charge in [-0.2, -0.15) is 0 Å². The molecule has 4 heteroatoms. The number of para-hydroxylation sites is 3. The molecule has 1 aliphatic heterocycles. The first-order chi connectivity index (χ1) is 27.6. The second-order valence-electron chi connectivity index (χ2n) is 14.4. The molecule has 0 bridgehead atoms. The lowest BCUT2D eigenvalue weighted by atomic mass is 9.95. The van der Waals surface area contributed by atoms with Crippen LogP contribution in [0.1, 0.15) is 55.6 Å². The van der Waals surface area contributed by atoms with Gasteiger partial charge in [-0.3, -0.25) is 10.3 Å². The van der Waals surface area contributed by atoms with Crippen molar-refractivity contribution < 1.29 is 0 Å². The Kier molecular flexibility index (Phi) is 11.0. The molecule has 0 saturated heterocycles. The van der Waals surface area contributed by atoms with Crippen molar-refractivity contribution >= 4 is 22.8 Å². The van der Waals surface area contributed by atoms with Gasteiger partial charge in [-0.15, -0.1) is 6.58 Å². The predicted molar refractivity (Wildman–Crippen MR) is 238 cm³/mol. The molecule has 0 radical (unpaired) electrons. The summed E-state index contributed by atoms with van der Waals surface area (Å²) in [4.78, 5) is 7.69. The van der Waals surface area contributed by atoms with Gasteiger partial charge in [0.1, 0.15) is 12.3 Å². The van der Waals surface area contributed by atoms with Crippen LogP contribution in [-0.4, -0.2) is 11.9 Å². The first kappa shape index (κ1) is 36.5. The molecule has 4 nitrogen and oxygen atoms in total. The number of anilines is 3. The fourth-order valence-electron chi connectivity index (χ4n) is 7.79. The van der Waals surface area contributed by atoms with Gasteiger partial charge in [-0.05, 0) is 82.1 Å². The van der Waals surface area contributed by atoms with Crippen molar-refractivity contribution in [3.05, 3.63) is 211 Å². The van der Waals surface area contributed by atoms with E-state index >= 15 is 0 Å². The van der Waals surface area contributed by atoms with Crippen LogP contribution in [0.4, 0.5) is 17.1 Å². The molecule has 0 aromatic heterocycles. The van der Waals surface area contributed by atoms with Gasteiger partial charge in [0.2, 0.25) is 0 Å². The first-order valence-electron chi connectivity index (χ1n) is 19.7. The second-order valence-corrected chi connectivity index (χ2v) is 14.4. The minimum atomic E-state index is -0.231. The zero-order valence-electron chi connectivity index (χ0n) is 32.1. The Balaban J connectivity index is 1.01. The van der Waals surface area contributed by atoms with Crippen molar-refractivity contribution in [2.45, 2.75) is 45.1 Å². The molecule has 2 unspecified atom stereocenters. The van der Waals surface area contributed by atoms with Gasteiger partial charge in [0.15, 0.2) is 0 Å². The average Bonchev–Trinajstić information content (AvgIpc) is 3.63. The summed E-state index contributed by atoms with van der Waals surface area (Å²) in [5.74, 6) is 0. The van der Waals surface area contributed by atoms with Crippen LogP contribution in [0.3, 0.4) is 0 Å². The lowest BCUT2D eigenvalue weighted by Crippen LogP contribution is -2.31. The van der Waals surface area contributed by atoms with E-state index in [0.29, 0.717) is 0 Å². The summed E-state index contributed by atoms with van der Waals surface area (Å²) in [6.45, 7) is 8.45. The minimum Gasteiger partial charge on any atom is -0.363 e. The number of nitrogens with one attached hydrogen (secondary N) is 2. The number of aliphatic imine (C=N–C) groups is 1. The van der Waals surface area contributed by atoms with Gasteiger partial charge in [0, 0.05) is 11.3 Å². The van der Waals surface area contributed by atoms with Gasteiger partial charge in [-0.1, -0.05) is 177 Å². The summed E-state index contributed by atoms with van der Waals surface area (Å²) in [5.41, 5.74) is 15.2. The van der Waals surface area contributed by atoms with Crippen LogP contribution >= 0.6 is 0 Å². The molecule has 7 aromatic carbocycles. The third kappa shape index (κ3) is 7.84.